The van der Waals surface area contributed by atoms with Crippen molar-refractivity contribution in [2.24, 2.45) is 0 Å². The lowest BCUT2D eigenvalue weighted by Gasteiger charge is -2.19. The highest BCUT2D eigenvalue weighted by Crippen LogP contribution is 2.23. The maximum Gasteiger partial charge on any atom is 0.289 e. The van der Waals surface area contributed by atoms with Crippen LogP contribution in [0.4, 0.5) is 0 Å². The number of hydrogen-bond acceptors (Lipinski definition) is 4. The van der Waals surface area contributed by atoms with E-state index < -0.39 is 0 Å². The first-order valence-electron chi connectivity index (χ1n) is 9.39. The summed E-state index contributed by atoms with van der Waals surface area (Å²) >= 11 is 0. The first kappa shape index (κ1) is 17.9. The summed E-state index contributed by atoms with van der Waals surface area (Å²) in [7, 11) is 4.04. The first-order chi connectivity index (χ1) is 12.1. The van der Waals surface area contributed by atoms with E-state index in [2.05, 4.69) is 15.2 Å². The number of imidazole rings is 1. The van der Waals surface area contributed by atoms with Crippen molar-refractivity contribution in [2.45, 2.75) is 45.1 Å². The minimum absolute atomic E-state index is 0.0210. The van der Waals surface area contributed by atoms with E-state index in [1.165, 1.54) is 0 Å². The molecular weight excluding hydrogens is 318 g/mol. The molecule has 1 saturated heterocycles. The number of aromatic nitrogens is 2. The van der Waals surface area contributed by atoms with E-state index in [0.29, 0.717) is 18.1 Å². The third kappa shape index (κ3) is 4.03. The number of likely N-dealkylation sites (tertiary alicyclic amines) is 1. The van der Waals surface area contributed by atoms with Crippen LogP contribution in [-0.4, -0.2) is 71.4 Å². The van der Waals surface area contributed by atoms with E-state index in [-0.39, 0.29) is 11.8 Å². The third-order valence-electron chi connectivity index (χ3n) is 4.99. The topological polar surface area (TPSA) is 70.5 Å². The van der Waals surface area contributed by atoms with Crippen LogP contribution in [0.15, 0.2) is 0 Å². The lowest BCUT2D eigenvalue weighted by Crippen LogP contribution is -2.31. The average molecular weight is 347 g/mol. The summed E-state index contributed by atoms with van der Waals surface area (Å²) in [6.07, 6.45) is 5.91. The van der Waals surface area contributed by atoms with Gasteiger partial charge < -0.3 is 19.7 Å². The van der Waals surface area contributed by atoms with Gasteiger partial charge in [0.05, 0.1) is 5.69 Å². The highest BCUT2D eigenvalue weighted by atomic mass is 16.2. The maximum atomic E-state index is 12.8. The molecule has 1 N–H and O–H groups in total. The Labute approximate surface area is 149 Å². The van der Waals surface area contributed by atoms with Crippen molar-refractivity contribution in [3.8, 4) is 0 Å². The van der Waals surface area contributed by atoms with Gasteiger partial charge in [0.1, 0.15) is 5.69 Å². The molecule has 0 bridgehead atoms. The van der Waals surface area contributed by atoms with Crippen molar-refractivity contribution < 1.29 is 9.59 Å². The highest BCUT2D eigenvalue weighted by molar-refractivity contribution is 5.97. The second kappa shape index (κ2) is 7.99. The van der Waals surface area contributed by atoms with Gasteiger partial charge in [-0.3, -0.25) is 9.59 Å². The molecule has 0 unspecified atom stereocenters. The number of rotatable bonds is 6. The molecule has 2 aliphatic heterocycles. The van der Waals surface area contributed by atoms with Gasteiger partial charge in [0, 0.05) is 26.2 Å². The first-order valence-corrected chi connectivity index (χ1v) is 9.39. The van der Waals surface area contributed by atoms with Gasteiger partial charge in [-0.25, -0.2) is 4.98 Å². The summed E-state index contributed by atoms with van der Waals surface area (Å²) < 4.78 is 1.99. The van der Waals surface area contributed by atoms with Crippen LogP contribution in [0.3, 0.4) is 0 Å². The van der Waals surface area contributed by atoms with Crippen molar-refractivity contribution >= 4 is 11.8 Å². The SMILES string of the molecule is CN(C)CCCNC(=O)c1nc(C(=O)N2CCCC2)n2c1CCCC2. The van der Waals surface area contributed by atoms with Crippen LogP contribution < -0.4 is 5.32 Å². The highest BCUT2D eigenvalue weighted by Gasteiger charge is 2.30. The summed E-state index contributed by atoms with van der Waals surface area (Å²) in [4.78, 5) is 33.8. The molecule has 3 rings (SSSR count). The zero-order valence-corrected chi connectivity index (χ0v) is 15.4. The fourth-order valence-electron chi connectivity index (χ4n) is 3.63. The Bertz CT molecular complexity index is 632. The maximum absolute atomic E-state index is 12.8. The van der Waals surface area contributed by atoms with Crippen LogP contribution in [0.25, 0.3) is 0 Å². The minimum Gasteiger partial charge on any atom is -0.351 e. The molecule has 1 aromatic heterocycles. The Morgan fingerprint density at radius 3 is 2.56 bits per heavy atom. The summed E-state index contributed by atoms with van der Waals surface area (Å²) in [5.41, 5.74) is 1.38. The van der Waals surface area contributed by atoms with E-state index in [9.17, 15) is 9.59 Å². The van der Waals surface area contributed by atoms with Gasteiger partial charge in [-0.05, 0) is 59.2 Å². The second-order valence-corrected chi connectivity index (χ2v) is 7.25. The molecule has 0 aromatic carbocycles. The van der Waals surface area contributed by atoms with Crippen molar-refractivity contribution in [3.63, 3.8) is 0 Å². The predicted molar refractivity (Wildman–Crippen MR) is 95.8 cm³/mol. The molecule has 0 atom stereocenters. The Kier molecular flexibility index (Phi) is 5.73. The minimum atomic E-state index is -0.148. The molecule has 25 heavy (non-hydrogen) atoms. The molecule has 1 fully saturated rings. The Hall–Kier alpha value is -1.89. The van der Waals surface area contributed by atoms with Crippen molar-refractivity contribution in [1.29, 1.82) is 0 Å². The molecule has 138 valence electrons. The molecule has 2 amide bonds. The lowest BCUT2D eigenvalue weighted by atomic mass is 10.1. The monoisotopic (exact) mass is 347 g/mol. The average Bonchev–Trinajstić information content (AvgIpc) is 3.25. The van der Waals surface area contributed by atoms with E-state index in [1.807, 2.05) is 23.6 Å². The number of nitrogens with zero attached hydrogens (tertiary/aromatic N) is 4. The van der Waals surface area contributed by atoms with Crippen molar-refractivity contribution in [1.82, 2.24) is 24.7 Å². The molecule has 0 aliphatic carbocycles. The second-order valence-electron chi connectivity index (χ2n) is 7.25. The standard InChI is InChI=1S/C18H29N5O2/c1-21(2)10-7-9-19-17(24)15-14-8-3-4-13-23(14)16(20-15)18(25)22-11-5-6-12-22/h3-13H2,1-2H3,(H,19,24). The van der Waals surface area contributed by atoms with Gasteiger partial charge in [0.15, 0.2) is 5.82 Å². The van der Waals surface area contributed by atoms with Crippen LogP contribution in [0.5, 0.6) is 0 Å². The van der Waals surface area contributed by atoms with E-state index in [0.717, 1.165) is 70.4 Å². The van der Waals surface area contributed by atoms with E-state index >= 15 is 0 Å². The zero-order chi connectivity index (χ0) is 17.8. The molecule has 0 spiro atoms. The van der Waals surface area contributed by atoms with Gasteiger partial charge >= 0.3 is 0 Å². The number of fused-ring (bicyclic) bond motifs is 1. The third-order valence-corrected chi connectivity index (χ3v) is 4.99. The molecule has 7 nitrogen and oxygen atoms in total. The Balaban J connectivity index is 1.75. The lowest BCUT2D eigenvalue weighted by molar-refractivity contribution is 0.0774. The van der Waals surface area contributed by atoms with E-state index in [4.69, 9.17) is 0 Å². The van der Waals surface area contributed by atoms with E-state index in [1.54, 1.807) is 0 Å². The molecule has 0 saturated carbocycles. The number of carbonyl (C=O) groups is 2. The Morgan fingerprint density at radius 2 is 1.84 bits per heavy atom. The van der Waals surface area contributed by atoms with Gasteiger partial charge in [0.2, 0.25) is 0 Å². The molecule has 7 heteroatoms. The summed E-state index contributed by atoms with van der Waals surface area (Å²) in [5.74, 6) is 0.284. The van der Waals surface area contributed by atoms with Gasteiger partial charge in [0.25, 0.3) is 11.8 Å². The van der Waals surface area contributed by atoms with Crippen molar-refractivity contribution in [2.75, 3.05) is 40.3 Å². The quantitative estimate of drug-likeness (QED) is 0.784. The van der Waals surface area contributed by atoms with Crippen LogP contribution in [0.1, 0.15) is 58.9 Å². The Morgan fingerprint density at radius 1 is 1.12 bits per heavy atom. The van der Waals surface area contributed by atoms with Gasteiger partial charge in [-0.15, -0.1) is 0 Å². The van der Waals surface area contributed by atoms with Crippen LogP contribution >= 0.6 is 0 Å². The summed E-state index contributed by atoms with van der Waals surface area (Å²) in [5, 5.41) is 2.96. The predicted octanol–water partition coefficient (Wildman–Crippen LogP) is 1.14. The molecule has 0 radical (unpaired) electrons. The van der Waals surface area contributed by atoms with Crippen LogP contribution in [0, 0.1) is 0 Å². The van der Waals surface area contributed by atoms with Gasteiger partial charge in [-0.2, -0.15) is 0 Å². The van der Waals surface area contributed by atoms with Gasteiger partial charge in [-0.1, -0.05) is 0 Å². The van der Waals surface area contributed by atoms with Crippen molar-refractivity contribution in [3.05, 3.63) is 17.2 Å². The number of nitrogens with one attached hydrogen (secondary N) is 1. The van der Waals surface area contributed by atoms with Crippen LogP contribution in [-0.2, 0) is 13.0 Å². The number of hydrogen-bond donors (Lipinski definition) is 1. The molecular formula is C18H29N5O2. The molecule has 2 aliphatic rings. The zero-order valence-electron chi connectivity index (χ0n) is 15.4. The molecule has 3 heterocycles. The smallest absolute Gasteiger partial charge is 0.289 e. The fourth-order valence-corrected chi connectivity index (χ4v) is 3.63. The summed E-state index contributed by atoms with van der Waals surface area (Å²) in [6, 6.07) is 0. The molecule has 1 aromatic rings. The fraction of sp³-hybridized carbons (Fsp3) is 0.722. The number of carbonyl (C=O) groups excluding carboxylic acids is 2. The summed E-state index contributed by atoms with van der Waals surface area (Å²) in [6.45, 7) is 3.93. The van der Waals surface area contributed by atoms with Crippen LogP contribution in [0.2, 0.25) is 0 Å². The normalized spacial score (nSPS) is 17.0. The number of amides is 2. The largest absolute Gasteiger partial charge is 0.351 e.